The van der Waals surface area contributed by atoms with Gasteiger partial charge in [0.25, 0.3) is 5.91 Å². The van der Waals surface area contributed by atoms with Gasteiger partial charge in [0.1, 0.15) is 0 Å². The number of hydrogen-bond acceptors (Lipinski definition) is 4. The maximum absolute atomic E-state index is 12.5. The zero-order chi connectivity index (χ0) is 18.4. The minimum atomic E-state index is -0.938. The number of nitrogens with one attached hydrogen (secondary N) is 1. The fourth-order valence-corrected chi connectivity index (χ4v) is 2.46. The predicted octanol–water partition coefficient (Wildman–Crippen LogP) is 3.93. The van der Waals surface area contributed by atoms with E-state index in [2.05, 4.69) is 10.3 Å². The molecule has 1 unspecified atom stereocenters. The predicted molar refractivity (Wildman–Crippen MR) is 99.6 cm³/mol. The summed E-state index contributed by atoms with van der Waals surface area (Å²) in [6.07, 6.45) is 2.02. The van der Waals surface area contributed by atoms with Crippen LogP contribution in [0.4, 0.5) is 5.69 Å². The monoisotopic (exact) mass is 346 g/mol. The van der Waals surface area contributed by atoms with Crippen molar-refractivity contribution in [2.24, 2.45) is 0 Å². The SMILES string of the molecule is CC(OC(=O)c1cccnc1)C(=O)Nc1ccccc1-c1ccccc1. The van der Waals surface area contributed by atoms with E-state index in [-0.39, 0.29) is 0 Å². The quantitative estimate of drug-likeness (QED) is 0.711. The maximum atomic E-state index is 12.5. The normalized spacial score (nSPS) is 11.4. The second-order valence-corrected chi connectivity index (χ2v) is 5.69. The summed E-state index contributed by atoms with van der Waals surface area (Å²) >= 11 is 0. The molecule has 1 atom stereocenters. The van der Waals surface area contributed by atoms with Gasteiger partial charge < -0.3 is 10.1 Å². The highest BCUT2D eigenvalue weighted by atomic mass is 16.5. The van der Waals surface area contributed by atoms with Gasteiger partial charge in [0.15, 0.2) is 6.10 Å². The molecule has 130 valence electrons. The van der Waals surface area contributed by atoms with Gasteiger partial charge in [-0.25, -0.2) is 4.79 Å². The molecule has 0 radical (unpaired) electrons. The van der Waals surface area contributed by atoms with E-state index in [0.717, 1.165) is 11.1 Å². The van der Waals surface area contributed by atoms with Crippen LogP contribution in [0.2, 0.25) is 0 Å². The molecule has 5 nitrogen and oxygen atoms in total. The van der Waals surface area contributed by atoms with Gasteiger partial charge in [-0.3, -0.25) is 9.78 Å². The Bertz CT molecular complexity index is 895. The van der Waals surface area contributed by atoms with E-state index < -0.39 is 18.0 Å². The number of benzene rings is 2. The molecule has 26 heavy (non-hydrogen) atoms. The molecule has 2 aromatic carbocycles. The molecule has 0 aliphatic carbocycles. The molecule has 0 spiro atoms. The summed E-state index contributed by atoms with van der Waals surface area (Å²) in [5.41, 5.74) is 2.85. The van der Waals surface area contributed by atoms with Crippen molar-refractivity contribution in [2.75, 3.05) is 5.32 Å². The van der Waals surface area contributed by atoms with E-state index in [4.69, 9.17) is 4.74 Å². The number of carbonyl (C=O) groups is 2. The van der Waals surface area contributed by atoms with Crippen LogP contribution in [-0.4, -0.2) is 23.0 Å². The zero-order valence-electron chi connectivity index (χ0n) is 14.3. The lowest BCUT2D eigenvalue weighted by molar-refractivity contribution is -0.123. The Morgan fingerprint density at radius 3 is 2.42 bits per heavy atom. The smallest absolute Gasteiger partial charge is 0.340 e. The van der Waals surface area contributed by atoms with Crippen molar-refractivity contribution in [1.29, 1.82) is 0 Å². The summed E-state index contributed by atoms with van der Waals surface area (Å²) in [7, 11) is 0. The number of anilines is 1. The second-order valence-electron chi connectivity index (χ2n) is 5.69. The first-order valence-corrected chi connectivity index (χ1v) is 8.21. The molecular formula is C21H18N2O3. The van der Waals surface area contributed by atoms with Crippen LogP contribution in [0.1, 0.15) is 17.3 Å². The molecule has 3 rings (SSSR count). The van der Waals surface area contributed by atoms with Crippen LogP contribution in [0.5, 0.6) is 0 Å². The molecule has 5 heteroatoms. The lowest BCUT2D eigenvalue weighted by Gasteiger charge is -2.15. The second kappa shape index (κ2) is 8.07. The Labute approximate surface area is 151 Å². The third-order valence-corrected chi connectivity index (χ3v) is 3.82. The molecule has 0 bridgehead atoms. The Hall–Kier alpha value is -3.47. The van der Waals surface area contributed by atoms with Crippen LogP contribution in [0, 0.1) is 0 Å². The van der Waals surface area contributed by atoms with Crippen molar-refractivity contribution in [3.63, 3.8) is 0 Å². The average molecular weight is 346 g/mol. The number of hydrogen-bond donors (Lipinski definition) is 1. The van der Waals surface area contributed by atoms with Crippen molar-refractivity contribution >= 4 is 17.6 Å². The summed E-state index contributed by atoms with van der Waals surface area (Å²) in [6.45, 7) is 1.54. The van der Waals surface area contributed by atoms with E-state index in [1.807, 2.05) is 54.6 Å². The van der Waals surface area contributed by atoms with Crippen LogP contribution < -0.4 is 5.32 Å². The molecule has 0 aliphatic heterocycles. The van der Waals surface area contributed by atoms with Gasteiger partial charge in [-0.15, -0.1) is 0 Å². The third kappa shape index (κ3) is 4.13. The molecule has 0 fully saturated rings. The highest BCUT2D eigenvalue weighted by Gasteiger charge is 2.20. The molecule has 0 aliphatic rings. The van der Waals surface area contributed by atoms with Crippen molar-refractivity contribution < 1.29 is 14.3 Å². The first-order valence-electron chi connectivity index (χ1n) is 8.21. The van der Waals surface area contributed by atoms with E-state index >= 15 is 0 Å². The van der Waals surface area contributed by atoms with Crippen molar-refractivity contribution in [3.8, 4) is 11.1 Å². The van der Waals surface area contributed by atoms with Crippen molar-refractivity contribution in [2.45, 2.75) is 13.0 Å². The highest BCUT2D eigenvalue weighted by Crippen LogP contribution is 2.27. The average Bonchev–Trinajstić information content (AvgIpc) is 2.69. The van der Waals surface area contributed by atoms with E-state index in [0.29, 0.717) is 11.3 Å². The van der Waals surface area contributed by atoms with Crippen LogP contribution in [0.25, 0.3) is 11.1 Å². The Kier molecular flexibility index (Phi) is 5.39. The van der Waals surface area contributed by atoms with Crippen LogP contribution in [-0.2, 0) is 9.53 Å². The van der Waals surface area contributed by atoms with Gasteiger partial charge in [0.2, 0.25) is 0 Å². The number of ether oxygens (including phenoxy) is 1. The summed E-state index contributed by atoms with van der Waals surface area (Å²) in [5, 5.41) is 2.83. The number of carbonyl (C=O) groups excluding carboxylic acids is 2. The van der Waals surface area contributed by atoms with Crippen LogP contribution in [0.3, 0.4) is 0 Å². The van der Waals surface area contributed by atoms with E-state index in [9.17, 15) is 9.59 Å². The van der Waals surface area contributed by atoms with Crippen molar-refractivity contribution in [1.82, 2.24) is 4.98 Å². The van der Waals surface area contributed by atoms with Gasteiger partial charge in [-0.05, 0) is 30.7 Å². The fraction of sp³-hybridized carbons (Fsp3) is 0.0952. The fourth-order valence-electron chi connectivity index (χ4n) is 2.46. The maximum Gasteiger partial charge on any atom is 0.340 e. The van der Waals surface area contributed by atoms with Crippen LogP contribution >= 0.6 is 0 Å². The minimum Gasteiger partial charge on any atom is -0.449 e. The Balaban J connectivity index is 1.71. The van der Waals surface area contributed by atoms with Crippen molar-refractivity contribution in [3.05, 3.63) is 84.7 Å². The Morgan fingerprint density at radius 2 is 1.69 bits per heavy atom. The number of esters is 1. The summed E-state index contributed by atoms with van der Waals surface area (Å²) in [4.78, 5) is 28.4. The number of pyridine rings is 1. The van der Waals surface area contributed by atoms with Gasteiger partial charge in [0, 0.05) is 23.6 Å². The number of nitrogens with zero attached hydrogens (tertiary/aromatic N) is 1. The summed E-state index contributed by atoms with van der Waals surface area (Å²) < 4.78 is 5.23. The lowest BCUT2D eigenvalue weighted by Crippen LogP contribution is -2.30. The molecule has 0 saturated heterocycles. The largest absolute Gasteiger partial charge is 0.449 e. The molecule has 0 saturated carbocycles. The van der Waals surface area contributed by atoms with Gasteiger partial charge >= 0.3 is 5.97 Å². The zero-order valence-corrected chi connectivity index (χ0v) is 14.3. The first kappa shape index (κ1) is 17.4. The summed E-state index contributed by atoms with van der Waals surface area (Å²) in [6, 6.07) is 20.5. The summed E-state index contributed by atoms with van der Waals surface area (Å²) in [5.74, 6) is -0.984. The van der Waals surface area contributed by atoms with Gasteiger partial charge in [-0.2, -0.15) is 0 Å². The van der Waals surface area contributed by atoms with Gasteiger partial charge in [0.05, 0.1) is 5.56 Å². The number of amides is 1. The lowest BCUT2D eigenvalue weighted by atomic mass is 10.0. The van der Waals surface area contributed by atoms with Crippen LogP contribution in [0.15, 0.2) is 79.1 Å². The molecule has 1 heterocycles. The van der Waals surface area contributed by atoms with E-state index in [1.54, 1.807) is 18.3 Å². The number of aromatic nitrogens is 1. The molecule has 1 N–H and O–H groups in total. The van der Waals surface area contributed by atoms with E-state index in [1.165, 1.54) is 13.1 Å². The Morgan fingerprint density at radius 1 is 0.962 bits per heavy atom. The number of rotatable bonds is 5. The molecule has 1 amide bonds. The number of para-hydroxylation sites is 1. The molecule has 3 aromatic rings. The minimum absolute atomic E-state index is 0.303. The topological polar surface area (TPSA) is 68.3 Å². The standard InChI is InChI=1S/C21H18N2O3/c1-15(26-21(25)17-10-7-13-22-14-17)20(24)23-19-12-6-5-11-18(19)16-8-3-2-4-9-16/h2-15H,1H3,(H,23,24). The molecular weight excluding hydrogens is 328 g/mol. The third-order valence-electron chi connectivity index (χ3n) is 3.82. The highest BCUT2D eigenvalue weighted by molar-refractivity contribution is 5.99. The first-order chi connectivity index (χ1) is 12.6. The van der Waals surface area contributed by atoms with Gasteiger partial charge in [-0.1, -0.05) is 48.5 Å². The molecule has 1 aromatic heterocycles.